The molecular formula is C19H15FN2OS. The molecule has 24 heavy (non-hydrogen) atoms. The number of hydrogen-bond donors (Lipinski definition) is 1. The van der Waals surface area contributed by atoms with E-state index in [2.05, 4.69) is 10.3 Å². The normalized spacial score (nSPS) is 13.7. The average Bonchev–Trinajstić information content (AvgIpc) is 3.33. The number of benzene rings is 2. The van der Waals surface area contributed by atoms with E-state index in [1.165, 1.54) is 17.4 Å². The lowest BCUT2D eigenvalue weighted by Gasteiger charge is -2.05. The summed E-state index contributed by atoms with van der Waals surface area (Å²) in [6.07, 6.45) is 1.95. The lowest BCUT2D eigenvalue weighted by atomic mass is 10.1. The fourth-order valence-electron chi connectivity index (χ4n) is 2.52. The quantitative estimate of drug-likeness (QED) is 0.730. The van der Waals surface area contributed by atoms with Gasteiger partial charge in [0.05, 0.1) is 5.69 Å². The van der Waals surface area contributed by atoms with Crippen molar-refractivity contribution in [3.05, 3.63) is 59.7 Å². The summed E-state index contributed by atoms with van der Waals surface area (Å²) in [6, 6.07) is 14.2. The van der Waals surface area contributed by atoms with Gasteiger partial charge >= 0.3 is 0 Å². The molecule has 0 radical (unpaired) electrons. The Balaban J connectivity index is 1.60. The van der Waals surface area contributed by atoms with Gasteiger partial charge in [-0.2, -0.15) is 0 Å². The number of hydrogen-bond acceptors (Lipinski definition) is 3. The summed E-state index contributed by atoms with van der Waals surface area (Å²) in [5.41, 5.74) is 2.81. The third-order valence-electron chi connectivity index (χ3n) is 3.98. The second-order valence-electron chi connectivity index (χ2n) is 5.86. The maximum Gasteiger partial charge on any atom is 0.227 e. The molecule has 4 rings (SSSR count). The van der Waals surface area contributed by atoms with Gasteiger partial charge in [-0.25, -0.2) is 9.37 Å². The SMILES string of the molecule is O=C(Nc1cccc(-c2nc(-c3ccccc3F)cs2)c1)C1CC1. The molecule has 3 aromatic rings. The maximum atomic E-state index is 13.9. The molecule has 1 saturated carbocycles. The minimum atomic E-state index is -0.278. The van der Waals surface area contributed by atoms with Crippen LogP contribution in [0.1, 0.15) is 12.8 Å². The molecule has 1 heterocycles. The first-order chi connectivity index (χ1) is 11.7. The van der Waals surface area contributed by atoms with E-state index in [0.29, 0.717) is 11.3 Å². The highest BCUT2D eigenvalue weighted by Crippen LogP contribution is 2.33. The van der Waals surface area contributed by atoms with Crippen molar-refractivity contribution in [3.8, 4) is 21.8 Å². The highest BCUT2D eigenvalue weighted by molar-refractivity contribution is 7.13. The van der Waals surface area contributed by atoms with E-state index in [1.807, 2.05) is 29.6 Å². The molecule has 5 heteroatoms. The first kappa shape index (κ1) is 15.0. The van der Waals surface area contributed by atoms with Crippen molar-refractivity contribution in [3.63, 3.8) is 0 Å². The van der Waals surface area contributed by atoms with Gasteiger partial charge in [-0.05, 0) is 37.1 Å². The Kier molecular flexibility index (Phi) is 3.86. The number of halogens is 1. The highest BCUT2D eigenvalue weighted by Gasteiger charge is 2.29. The third kappa shape index (κ3) is 3.08. The van der Waals surface area contributed by atoms with Gasteiger partial charge in [-0.1, -0.05) is 24.3 Å². The Hall–Kier alpha value is -2.53. The summed E-state index contributed by atoms with van der Waals surface area (Å²) < 4.78 is 13.9. The summed E-state index contributed by atoms with van der Waals surface area (Å²) >= 11 is 1.46. The van der Waals surface area contributed by atoms with Gasteiger partial charge in [0.2, 0.25) is 5.91 Å². The number of anilines is 1. The molecule has 1 aliphatic rings. The molecule has 1 amide bonds. The van der Waals surface area contributed by atoms with E-state index >= 15 is 0 Å². The second-order valence-corrected chi connectivity index (χ2v) is 6.72. The molecule has 0 aliphatic heterocycles. The van der Waals surface area contributed by atoms with Gasteiger partial charge in [0, 0.05) is 28.1 Å². The van der Waals surface area contributed by atoms with Crippen LogP contribution in [0.15, 0.2) is 53.9 Å². The zero-order valence-electron chi connectivity index (χ0n) is 12.8. The predicted octanol–water partition coefficient (Wildman–Crippen LogP) is 4.96. The minimum absolute atomic E-state index is 0.0818. The number of carbonyl (C=O) groups excluding carboxylic acids is 1. The van der Waals surface area contributed by atoms with Crippen LogP contribution in [0, 0.1) is 11.7 Å². The van der Waals surface area contributed by atoms with E-state index in [0.717, 1.165) is 29.1 Å². The van der Waals surface area contributed by atoms with Crippen molar-refractivity contribution in [2.75, 3.05) is 5.32 Å². The van der Waals surface area contributed by atoms with Crippen LogP contribution in [0.25, 0.3) is 21.8 Å². The third-order valence-corrected chi connectivity index (χ3v) is 4.87. The molecule has 1 fully saturated rings. The van der Waals surface area contributed by atoms with Crippen LogP contribution >= 0.6 is 11.3 Å². The molecule has 2 aromatic carbocycles. The average molecular weight is 338 g/mol. The molecule has 1 aromatic heterocycles. The lowest BCUT2D eigenvalue weighted by Crippen LogP contribution is -2.13. The smallest absolute Gasteiger partial charge is 0.227 e. The number of carbonyl (C=O) groups is 1. The molecule has 1 N–H and O–H groups in total. The van der Waals surface area contributed by atoms with Gasteiger partial charge in [0.1, 0.15) is 10.8 Å². The summed E-state index contributed by atoms with van der Waals surface area (Å²) in [5.74, 6) is -0.0284. The topological polar surface area (TPSA) is 42.0 Å². The zero-order valence-corrected chi connectivity index (χ0v) is 13.6. The number of amides is 1. The first-order valence-electron chi connectivity index (χ1n) is 7.82. The van der Waals surface area contributed by atoms with Gasteiger partial charge in [-0.3, -0.25) is 4.79 Å². The van der Waals surface area contributed by atoms with Crippen LogP contribution in [-0.4, -0.2) is 10.9 Å². The molecular weight excluding hydrogens is 323 g/mol. The molecule has 0 unspecified atom stereocenters. The van der Waals surface area contributed by atoms with Gasteiger partial charge in [-0.15, -0.1) is 11.3 Å². The van der Waals surface area contributed by atoms with Crippen LogP contribution < -0.4 is 5.32 Å². The lowest BCUT2D eigenvalue weighted by molar-refractivity contribution is -0.117. The monoisotopic (exact) mass is 338 g/mol. The fourth-order valence-corrected chi connectivity index (χ4v) is 3.34. The van der Waals surface area contributed by atoms with Crippen molar-refractivity contribution < 1.29 is 9.18 Å². The molecule has 0 bridgehead atoms. The summed E-state index contributed by atoms with van der Waals surface area (Å²) in [6.45, 7) is 0. The number of nitrogens with one attached hydrogen (secondary N) is 1. The number of nitrogens with zero attached hydrogens (tertiary/aromatic N) is 1. The van der Waals surface area contributed by atoms with Crippen LogP contribution in [0.5, 0.6) is 0 Å². The van der Waals surface area contributed by atoms with Crippen molar-refractivity contribution in [1.82, 2.24) is 4.98 Å². The standard InChI is InChI=1S/C19H15FN2OS/c20-16-7-2-1-6-15(16)17-11-24-19(22-17)13-4-3-5-14(10-13)21-18(23)12-8-9-12/h1-7,10-12H,8-9H2,(H,21,23). The second kappa shape index (κ2) is 6.17. The van der Waals surface area contributed by atoms with Crippen molar-refractivity contribution in [2.24, 2.45) is 5.92 Å². The minimum Gasteiger partial charge on any atom is -0.326 e. The largest absolute Gasteiger partial charge is 0.326 e. The Bertz CT molecular complexity index is 902. The van der Waals surface area contributed by atoms with Crippen LogP contribution in [0.3, 0.4) is 0 Å². The Morgan fingerprint density at radius 1 is 1.17 bits per heavy atom. The molecule has 3 nitrogen and oxygen atoms in total. The van der Waals surface area contributed by atoms with Crippen LogP contribution in [0.2, 0.25) is 0 Å². The summed E-state index contributed by atoms with van der Waals surface area (Å²) in [7, 11) is 0. The van der Waals surface area contributed by atoms with Gasteiger partial charge in [0.25, 0.3) is 0 Å². The van der Waals surface area contributed by atoms with E-state index in [4.69, 9.17) is 0 Å². The maximum absolute atomic E-state index is 13.9. The van der Waals surface area contributed by atoms with E-state index in [9.17, 15) is 9.18 Å². The molecule has 1 aliphatic carbocycles. The molecule has 0 atom stereocenters. The number of rotatable bonds is 4. The summed E-state index contributed by atoms with van der Waals surface area (Å²) in [4.78, 5) is 16.4. The fraction of sp³-hybridized carbons (Fsp3) is 0.158. The van der Waals surface area contributed by atoms with Gasteiger partial charge in [0.15, 0.2) is 0 Å². The predicted molar refractivity (Wildman–Crippen MR) is 94.3 cm³/mol. The van der Waals surface area contributed by atoms with Crippen molar-refractivity contribution in [1.29, 1.82) is 0 Å². The highest BCUT2D eigenvalue weighted by atomic mass is 32.1. The van der Waals surface area contributed by atoms with Gasteiger partial charge < -0.3 is 5.32 Å². The van der Waals surface area contributed by atoms with Crippen molar-refractivity contribution >= 4 is 22.9 Å². The molecule has 0 saturated heterocycles. The van der Waals surface area contributed by atoms with E-state index in [1.54, 1.807) is 18.2 Å². The first-order valence-corrected chi connectivity index (χ1v) is 8.70. The zero-order chi connectivity index (χ0) is 16.5. The number of aromatic nitrogens is 1. The van der Waals surface area contributed by atoms with Crippen molar-refractivity contribution in [2.45, 2.75) is 12.8 Å². The van der Waals surface area contributed by atoms with E-state index in [-0.39, 0.29) is 17.6 Å². The molecule has 0 spiro atoms. The Morgan fingerprint density at radius 3 is 2.79 bits per heavy atom. The molecule has 120 valence electrons. The Labute approximate surface area is 143 Å². The van der Waals surface area contributed by atoms with E-state index < -0.39 is 0 Å². The number of thiazole rings is 1. The summed E-state index contributed by atoms with van der Waals surface area (Å²) in [5, 5.41) is 5.59. The van der Waals surface area contributed by atoms with Crippen LogP contribution in [-0.2, 0) is 4.79 Å². The Morgan fingerprint density at radius 2 is 2.00 bits per heavy atom. The van der Waals surface area contributed by atoms with Crippen LogP contribution in [0.4, 0.5) is 10.1 Å².